The van der Waals surface area contributed by atoms with Gasteiger partial charge in [0, 0.05) is 7.11 Å². The highest BCUT2D eigenvalue weighted by molar-refractivity contribution is 9.36. The maximum absolute atomic E-state index is 4.49. The van der Waals surface area contributed by atoms with Gasteiger partial charge in [-0.05, 0) is 15.5 Å². The van der Waals surface area contributed by atoms with E-state index in [0.29, 0.717) is 7.51 Å². The third kappa shape index (κ3) is 2.87. The van der Waals surface area contributed by atoms with Crippen LogP contribution in [0.5, 0.6) is 0 Å². The monoisotopic (exact) mass is 142 g/mol. The largest absolute Gasteiger partial charge is 0.354 e. The summed E-state index contributed by atoms with van der Waals surface area (Å²) in [4.78, 5) is 0. The third-order valence-corrected chi connectivity index (χ3v) is 1.20. The number of halogens is 1. The Hall–Kier alpha value is 0.870. The first-order valence-electron chi connectivity index (χ1n) is 0.801. The molecule has 0 saturated heterocycles. The van der Waals surface area contributed by atoms with Crippen LogP contribution in [0.2, 0.25) is 0 Å². The highest BCUT2D eigenvalue weighted by Gasteiger charge is 1.54. The van der Waals surface area contributed by atoms with Crippen molar-refractivity contribution in [2.24, 2.45) is 0 Å². The summed E-state index contributed by atoms with van der Waals surface area (Å²) < 4.78 is 4.49. The zero-order valence-corrected chi connectivity index (χ0v) is 4.87. The topological polar surface area (TPSA) is 9.23 Å². The summed E-state index contributed by atoms with van der Waals surface area (Å²) in [6, 6.07) is 0. The molecule has 0 heterocycles. The highest BCUT2D eigenvalue weighted by atomic mass is 79.9. The van der Waals surface area contributed by atoms with E-state index in [1.165, 1.54) is 0 Å². The van der Waals surface area contributed by atoms with E-state index in [4.69, 9.17) is 0 Å². The van der Waals surface area contributed by atoms with Crippen LogP contribution >= 0.6 is 23.0 Å². The van der Waals surface area contributed by atoms with Gasteiger partial charge >= 0.3 is 0 Å². The van der Waals surface area contributed by atoms with E-state index in [1.807, 2.05) is 0 Å². The lowest BCUT2D eigenvalue weighted by Crippen LogP contribution is -1.43. The molecular formula is CH4BrOP. The van der Waals surface area contributed by atoms with Gasteiger partial charge in [0.15, 0.2) is 0 Å². The first-order chi connectivity index (χ1) is 1.91. The minimum absolute atomic E-state index is 0.453. The van der Waals surface area contributed by atoms with Gasteiger partial charge in [0.1, 0.15) is 0 Å². The summed E-state index contributed by atoms with van der Waals surface area (Å²) >= 11 is 3.05. The predicted octanol–water partition coefficient (Wildman–Crippen LogP) is 1.54. The molecule has 0 radical (unpaired) electrons. The highest BCUT2D eigenvalue weighted by Crippen LogP contribution is 2.17. The van der Waals surface area contributed by atoms with Crippen LogP contribution in [0.15, 0.2) is 0 Å². The van der Waals surface area contributed by atoms with Crippen molar-refractivity contribution >= 4 is 23.0 Å². The minimum atomic E-state index is 0.453. The van der Waals surface area contributed by atoms with Gasteiger partial charge in [-0.2, -0.15) is 0 Å². The Labute approximate surface area is 35.3 Å². The standard InChI is InChI=1S/CH4BrOP/c1-3-4-2/h4H,1H3. The second kappa shape index (κ2) is 3.87. The van der Waals surface area contributed by atoms with Crippen molar-refractivity contribution in [1.82, 2.24) is 0 Å². The van der Waals surface area contributed by atoms with Gasteiger partial charge in [-0.1, -0.05) is 0 Å². The van der Waals surface area contributed by atoms with Crippen LogP contribution in [0.3, 0.4) is 0 Å². The second-order valence-electron chi connectivity index (χ2n) is 0.281. The maximum Gasteiger partial charge on any atom is 0.0840 e. The number of hydrogen-bond acceptors (Lipinski definition) is 1. The normalized spacial score (nSPS) is 10.5. The average Bonchev–Trinajstić information content (AvgIpc) is 1.37. The molecule has 0 aromatic rings. The fourth-order valence-electron chi connectivity index (χ4n) is 0. The SMILES string of the molecule is COPBr. The summed E-state index contributed by atoms with van der Waals surface area (Å²) in [5.41, 5.74) is 0. The van der Waals surface area contributed by atoms with Gasteiger partial charge in [0.2, 0.25) is 0 Å². The van der Waals surface area contributed by atoms with Gasteiger partial charge in [-0.25, -0.2) is 0 Å². The van der Waals surface area contributed by atoms with Crippen molar-refractivity contribution in [3.8, 4) is 0 Å². The summed E-state index contributed by atoms with van der Waals surface area (Å²) in [5.74, 6) is 0. The fraction of sp³-hybridized carbons (Fsp3) is 1.00. The molecule has 0 N–H and O–H groups in total. The molecule has 1 nitrogen and oxygen atoms in total. The van der Waals surface area contributed by atoms with Crippen LogP contribution in [0, 0.1) is 0 Å². The lowest BCUT2D eigenvalue weighted by atomic mass is 11.8. The quantitative estimate of drug-likeness (QED) is 0.505. The van der Waals surface area contributed by atoms with Crippen molar-refractivity contribution in [2.75, 3.05) is 7.11 Å². The van der Waals surface area contributed by atoms with Gasteiger partial charge in [0.05, 0.1) is 7.51 Å². The lowest BCUT2D eigenvalue weighted by Gasteiger charge is -1.73. The molecule has 0 aliphatic rings. The zero-order valence-electron chi connectivity index (χ0n) is 2.29. The molecule has 0 rings (SSSR count). The Morgan fingerprint density at radius 3 is 2.25 bits per heavy atom. The first kappa shape index (κ1) is 4.87. The molecule has 1 atom stereocenters. The first-order valence-corrected chi connectivity index (χ1v) is 3.97. The van der Waals surface area contributed by atoms with Gasteiger partial charge in [0.25, 0.3) is 0 Å². The summed E-state index contributed by atoms with van der Waals surface area (Å²) in [6.45, 7) is 0. The predicted molar refractivity (Wildman–Crippen MR) is 24.3 cm³/mol. The summed E-state index contributed by atoms with van der Waals surface area (Å²) in [5, 5.41) is 0. The zero-order chi connectivity index (χ0) is 3.41. The van der Waals surface area contributed by atoms with Crippen molar-refractivity contribution in [3.05, 3.63) is 0 Å². The summed E-state index contributed by atoms with van der Waals surface area (Å²) in [7, 11) is 2.10. The van der Waals surface area contributed by atoms with E-state index >= 15 is 0 Å². The molecule has 0 aliphatic carbocycles. The van der Waals surface area contributed by atoms with Crippen LogP contribution in [0.1, 0.15) is 0 Å². The molecule has 26 valence electrons. The Bertz CT molecular complexity index is 10.0. The Kier molecular flexibility index (Phi) is 4.71. The number of rotatable bonds is 1. The maximum atomic E-state index is 4.49. The van der Waals surface area contributed by atoms with Crippen LogP contribution in [-0.4, -0.2) is 7.11 Å². The van der Waals surface area contributed by atoms with E-state index in [1.54, 1.807) is 7.11 Å². The Balaban J connectivity index is 1.97. The van der Waals surface area contributed by atoms with Crippen molar-refractivity contribution in [2.45, 2.75) is 0 Å². The molecule has 0 aromatic carbocycles. The van der Waals surface area contributed by atoms with Gasteiger partial charge in [-0.3, -0.25) is 0 Å². The molecule has 0 saturated carbocycles. The number of hydrogen-bond donors (Lipinski definition) is 0. The van der Waals surface area contributed by atoms with E-state index < -0.39 is 0 Å². The molecule has 0 spiro atoms. The Morgan fingerprint density at radius 2 is 2.25 bits per heavy atom. The molecular weight excluding hydrogens is 139 g/mol. The smallest absolute Gasteiger partial charge is 0.0840 e. The minimum Gasteiger partial charge on any atom is -0.354 e. The van der Waals surface area contributed by atoms with Crippen LogP contribution in [0.4, 0.5) is 0 Å². The van der Waals surface area contributed by atoms with Crippen molar-refractivity contribution in [3.63, 3.8) is 0 Å². The van der Waals surface area contributed by atoms with E-state index in [0.717, 1.165) is 0 Å². The average molecular weight is 143 g/mol. The van der Waals surface area contributed by atoms with Gasteiger partial charge in [-0.15, -0.1) is 0 Å². The summed E-state index contributed by atoms with van der Waals surface area (Å²) in [6.07, 6.45) is 0. The van der Waals surface area contributed by atoms with Crippen LogP contribution in [-0.2, 0) is 4.52 Å². The van der Waals surface area contributed by atoms with Crippen molar-refractivity contribution in [1.29, 1.82) is 0 Å². The second-order valence-corrected chi connectivity index (χ2v) is 1.82. The van der Waals surface area contributed by atoms with Crippen molar-refractivity contribution < 1.29 is 4.52 Å². The molecule has 0 aliphatic heterocycles. The molecule has 0 fully saturated rings. The van der Waals surface area contributed by atoms with E-state index in [2.05, 4.69) is 20.0 Å². The van der Waals surface area contributed by atoms with E-state index in [9.17, 15) is 0 Å². The van der Waals surface area contributed by atoms with Gasteiger partial charge < -0.3 is 4.52 Å². The van der Waals surface area contributed by atoms with Crippen LogP contribution < -0.4 is 0 Å². The molecule has 0 aromatic heterocycles. The fourth-order valence-corrected chi connectivity index (χ4v) is 0. The van der Waals surface area contributed by atoms with E-state index in [-0.39, 0.29) is 0 Å². The molecule has 0 bridgehead atoms. The lowest BCUT2D eigenvalue weighted by molar-refractivity contribution is 0.486. The Morgan fingerprint density at radius 1 is 2.00 bits per heavy atom. The third-order valence-electron chi connectivity index (χ3n) is 0.0772. The molecule has 3 heteroatoms. The molecule has 4 heavy (non-hydrogen) atoms. The van der Waals surface area contributed by atoms with Crippen LogP contribution in [0.25, 0.3) is 0 Å². The molecule has 0 amide bonds. The molecule has 1 unspecified atom stereocenters.